The minimum atomic E-state index is -4.40. The van der Waals surface area contributed by atoms with Gasteiger partial charge < -0.3 is 0 Å². The van der Waals surface area contributed by atoms with Crippen molar-refractivity contribution < 1.29 is 13.2 Å². The van der Waals surface area contributed by atoms with Crippen molar-refractivity contribution in [3.63, 3.8) is 0 Å². The topological polar surface area (TPSA) is 34.9 Å². The number of nitrogens with zero attached hydrogens (tertiary/aromatic N) is 2. The Kier molecular flexibility index (Phi) is 3.17. The molecule has 0 saturated heterocycles. The Bertz CT molecular complexity index is 399. The van der Waals surface area contributed by atoms with Gasteiger partial charge in [-0.25, -0.2) is 4.98 Å². The van der Waals surface area contributed by atoms with Crippen LogP contribution >= 0.6 is 22.6 Å². The zero-order valence-corrected chi connectivity index (χ0v) is 9.26. The average molecular weight is 318 g/mol. The Balaban J connectivity index is 3.21. The van der Waals surface area contributed by atoms with Crippen molar-refractivity contribution in [1.82, 2.24) is 9.55 Å². The lowest BCUT2D eigenvalue weighted by molar-refractivity contribution is -0.141. The molecule has 0 saturated carbocycles. The van der Waals surface area contributed by atoms with E-state index in [1.807, 2.05) is 0 Å². The fraction of sp³-hybridized carbons (Fsp3) is 0.429. The Morgan fingerprint density at radius 3 is 2.64 bits per heavy atom. The molecule has 0 aromatic carbocycles. The monoisotopic (exact) mass is 318 g/mol. The van der Waals surface area contributed by atoms with Crippen LogP contribution in [0.15, 0.2) is 11.0 Å². The quantitative estimate of drug-likeness (QED) is 0.739. The van der Waals surface area contributed by atoms with Crippen LogP contribution in [0.5, 0.6) is 0 Å². The van der Waals surface area contributed by atoms with Crippen molar-refractivity contribution in [3.8, 4) is 0 Å². The average Bonchev–Trinajstić information content (AvgIpc) is 2.04. The van der Waals surface area contributed by atoms with Gasteiger partial charge in [0.15, 0.2) is 0 Å². The van der Waals surface area contributed by atoms with Crippen LogP contribution < -0.4 is 5.56 Å². The van der Waals surface area contributed by atoms with E-state index in [0.717, 1.165) is 0 Å². The molecule has 0 bridgehead atoms. The molecule has 0 atom stereocenters. The van der Waals surface area contributed by atoms with E-state index in [1.54, 1.807) is 22.6 Å². The fourth-order valence-corrected chi connectivity index (χ4v) is 1.35. The van der Waals surface area contributed by atoms with Crippen LogP contribution in [0.25, 0.3) is 0 Å². The highest BCUT2D eigenvalue weighted by Crippen LogP contribution is 2.17. The standard InChI is InChI=1S/C7H6F3IN2O/c1-4-12-2-5(11)6(14)13(4)3-7(8,9)10/h2H,3H2,1H3. The van der Waals surface area contributed by atoms with Crippen LogP contribution in [0.3, 0.4) is 0 Å². The predicted molar refractivity (Wildman–Crippen MR) is 52.0 cm³/mol. The minimum Gasteiger partial charge on any atom is -0.287 e. The molecule has 78 valence electrons. The van der Waals surface area contributed by atoms with Crippen molar-refractivity contribution in [2.75, 3.05) is 0 Å². The third-order valence-corrected chi connectivity index (χ3v) is 2.28. The van der Waals surface area contributed by atoms with Gasteiger partial charge in [-0.2, -0.15) is 13.2 Å². The summed E-state index contributed by atoms with van der Waals surface area (Å²) >= 11 is 1.65. The van der Waals surface area contributed by atoms with Gasteiger partial charge in [0.1, 0.15) is 12.4 Å². The van der Waals surface area contributed by atoms with E-state index >= 15 is 0 Å². The van der Waals surface area contributed by atoms with Gasteiger partial charge in [0, 0.05) is 6.20 Å². The zero-order valence-electron chi connectivity index (χ0n) is 7.10. The molecule has 3 nitrogen and oxygen atoms in total. The molecule has 0 amide bonds. The maximum Gasteiger partial charge on any atom is 0.406 e. The summed E-state index contributed by atoms with van der Waals surface area (Å²) in [6.07, 6.45) is -3.15. The van der Waals surface area contributed by atoms with E-state index in [-0.39, 0.29) is 9.39 Å². The van der Waals surface area contributed by atoms with Gasteiger partial charge in [0.2, 0.25) is 0 Å². The lowest BCUT2D eigenvalue weighted by atomic mass is 10.5. The molecule has 1 aromatic heterocycles. The molecule has 0 unspecified atom stereocenters. The van der Waals surface area contributed by atoms with Gasteiger partial charge in [0.25, 0.3) is 5.56 Å². The molecule has 14 heavy (non-hydrogen) atoms. The summed E-state index contributed by atoms with van der Waals surface area (Å²) in [4.78, 5) is 15.0. The van der Waals surface area contributed by atoms with Crippen LogP contribution in [0, 0.1) is 10.5 Å². The van der Waals surface area contributed by atoms with Gasteiger partial charge in [-0.05, 0) is 29.5 Å². The molecule has 0 aliphatic carbocycles. The van der Waals surface area contributed by atoms with E-state index in [2.05, 4.69) is 4.98 Å². The summed E-state index contributed by atoms with van der Waals surface area (Å²) in [7, 11) is 0. The second-order valence-electron chi connectivity index (χ2n) is 2.66. The maximum absolute atomic E-state index is 12.0. The zero-order chi connectivity index (χ0) is 10.9. The molecule has 1 rings (SSSR count). The molecule has 0 aliphatic heterocycles. The normalized spacial score (nSPS) is 11.8. The van der Waals surface area contributed by atoms with Crippen molar-refractivity contribution in [3.05, 3.63) is 25.9 Å². The summed E-state index contributed by atoms with van der Waals surface area (Å²) in [5.74, 6) is 0.0627. The Morgan fingerprint density at radius 2 is 2.14 bits per heavy atom. The maximum atomic E-state index is 12.0. The first-order valence-electron chi connectivity index (χ1n) is 3.60. The Hall–Kier alpha value is -0.600. The van der Waals surface area contributed by atoms with E-state index in [9.17, 15) is 18.0 Å². The molecule has 7 heteroatoms. The van der Waals surface area contributed by atoms with E-state index in [4.69, 9.17) is 0 Å². The summed E-state index contributed by atoms with van der Waals surface area (Å²) in [6.45, 7) is 0.0741. The number of hydrogen-bond acceptors (Lipinski definition) is 2. The van der Waals surface area contributed by atoms with Crippen LogP contribution in [0.2, 0.25) is 0 Å². The number of halogens is 4. The molecule has 0 fully saturated rings. The lowest BCUT2D eigenvalue weighted by Crippen LogP contribution is -2.31. The molecule has 0 spiro atoms. The van der Waals surface area contributed by atoms with Gasteiger partial charge in [-0.1, -0.05) is 0 Å². The number of aryl methyl sites for hydroxylation is 1. The second kappa shape index (κ2) is 3.87. The van der Waals surface area contributed by atoms with Crippen LogP contribution in [-0.4, -0.2) is 15.7 Å². The van der Waals surface area contributed by atoms with Crippen molar-refractivity contribution in [2.24, 2.45) is 0 Å². The van der Waals surface area contributed by atoms with Crippen molar-refractivity contribution in [2.45, 2.75) is 19.6 Å². The molecule has 0 aliphatic rings. The van der Waals surface area contributed by atoms with Gasteiger partial charge in [-0.15, -0.1) is 0 Å². The SMILES string of the molecule is Cc1ncc(I)c(=O)n1CC(F)(F)F. The molecule has 1 heterocycles. The van der Waals surface area contributed by atoms with Crippen LogP contribution in [0.1, 0.15) is 5.82 Å². The third kappa shape index (κ3) is 2.69. The van der Waals surface area contributed by atoms with E-state index in [0.29, 0.717) is 4.57 Å². The number of hydrogen-bond donors (Lipinski definition) is 0. The van der Waals surface area contributed by atoms with E-state index in [1.165, 1.54) is 13.1 Å². The summed E-state index contributed by atoms with van der Waals surface area (Å²) in [5, 5.41) is 0. The highest BCUT2D eigenvalue weighted by Gasteiger charge is 2.29. The highest BCUT2D eigenvalue weighted by atomic mass is 127. The summed E-state index contributed by atoms with van der Waals surface area (Å²) < 4.78 is 36.9. The van der Waals surface area contributed by atoms with E-state index < -0.39 is 18.3 Å². The van der Waals surface area contributed by atoms with Crippen molar-refractivity contribution >= 4 is 22.6 Å². The largest absolute Gasteiger partial charge is 0.406 e. The van der Waals surface area contributed by atoms with Crippen molar-refractivity contribution in [1.29, 1.82) is 0 Å². The van der Waals surface area contributed by atoms with Gasteiger partial charge in [-0.3, -0.25) is 9.36 Å². The summed E-state index contributed by atoms with van der Waals surface area (Å²) in [6, 6.07) is 0. The number of rotatable bonds is 1. The number of alkyl halides is 3. The van der Waals surface area contributed by atoms with Gasteiger partial charge in [0.05, 0.1) is 3.57 Å². The fourth-order valence-electron chi connectivity index (χ4n) is 0.916. The second-order valence-corrected chi connectivity index (χ2v) is 3.82. The molecular formula is C7H6F3IN2O. The smallest absolute Gasteiger partial charge is 0.287 e. The first-order chi connectivity index (χ1) is 6.31. The summed E-state index contributed by atoms with van der Waals surface area (Å²) in [5.41, 5.74) is -0.657. The predicted octanol–water partition coefficient (Wildman–Crippen LogP) is 1.72. The molecule has 0 radical (unpaired) electrons. The number of aromatic nitrogens is 2. The lowest BCUT2D eigenvalue weighted by Gasteiger charge is -2.11. The van der Waals surface area contributed by atoms with Gasteiger partial charge >= 0.3 is 6.18 Å². The molecule has 0 N–H and O–H groups in total. The minimum absolute atomic E-state index is 0.0627. The third-order valence-electron chi connectivity index (χ3n) is 1.54. The van der Waals surface area contributed by atoms with Crippen LogP contribution in [-0.2, 0) is 6.54 Å². The molecular weight excluding hydrogens is 312 g/mol. The first kappa shape index (κ1) is 11.5. The first-order valence-corrected chi connectivity index (χ1v) is 4.68. The Morgan fingerprint density at radius 1 is 1.57 bits per heavy atom. The molecule has 1 aromatic rings. The Labute approximate surface area is 91.1 Å². The van der Waals surface area contributed by atoms with Crippen LogP contribution in [0.4, 0.5) is 13.2 Å². The highest BCUT2D eigenvalue weighted by molar-refractivity contribution is 14.1.